The van der Waals surface area contributed by atoms with Crippen LogP contribution in [0.2, 0.25) is 5.02 Å². The summed E-state index contributed by atoms with van der Waals surface area (Å²) < 4.78 is 26.9. The van der Waals surface area contributed by atoms with Gasteiger partial charge in [-0.25, -0.2) is 13.1 Å². The number of nitrogens with zero attached hydrogens (tertiary/aromatic N) is 2. The highest BCUT2D eigenvalue weighted by Crippen LogP contribution is 2.28. The van der Waals surface area contributed by atoms with Crippen LogP contribution in [-0.4, -0.2) is 62.8 Å². The third kappa shape index (κ3) is 5.00. The zero-order chi connectivity index (χ0) is 19.4. The Morgan fingerprint density at radius 3 is 2.37 bits per heavy atom. The van der Waals surface area contributed by atoms with Crippen LogP contribution in [0.25, 0.3) is 0 Å². The van der Waals surface area contributed by atoms with Gasteiger partial charge < -0.3 is 9.80 Å². The van der Waals surface area contributed by atoms with Gasteiger partial charge in [-0.2, -0.15) is 0 Å². The number of benzene rings is 1. The number of sulfonamides is 1. The zero-order valence-electron chi connectivity index (χ0n) is 15.1. The molecule has 0 unspecified atom stereocenters. The largest absolute Gasteiger partial charge is 0.339 e. The lowest BCUT2D eigenvalue weighted by Gasteiger charge is -2.38. The minimum Gasteiger partial charge on any atom is -0.339 e. The molecule has 0 spiro atoms. The molecular formula is C18H24ClN3O4S. The Balaban J connectivity index is 1.43. The number of hydrogen-bond donors (Lipinski definition) is 1. The summed E-state index contributed by atoms with van der Waals surface area (Å²) in [5.74, 6) is 0.273. The number of carbonyl (C=O) groups is 2. The van der Waals surface area contributed by atoms with E-state index in [0.29, 0.717) is 31.2 Å². The van der Waals surface area contributed by atoms with E-state index in [1.807, 2.05) is 4.90 Å². The van der Waals surface area contributed by atoms with Gasteiger partial charge in [0.25, 0.3) is 0 Å². The van der Waals surface area contributed by atoms with Gasteiger partial charge in [0.2, 0.25) is 21.8 Å². The lowest BCUT2D eigenvalue weighted by molar-refractivity contribution is -0.143. The minimum absolute atomic E-state index is 0.0227. The number of hydrogen-bond acceptors (Lipinski definition) is 4. The molecule has 9 heteroatoms. The van der Waals surface area contributed by atoms with Crippen LogP contribution < -0.4 is 4.72 Å². The van der Waals surface area contributed by atoms with Crippen LogP contribution in [0.3, 0.4) is 0 Å². The number of piperazine rings is 1. The molecule has 1 aliphatic heterocycles. The fourth-order valence-corrected chi connectivity index (χ4v) is 4.59. The molecule has 1 aliphatic carbocycles. The van der Waals surface area contributed by atoms with Crippen molar-refractivity contribution in [3.05, 3.63) is 29.3 Å². The van der Waals surface area contributed by atoms with Crippen molar-refractivity contribution in [2.24, 2.45) is 5.92 Å². The summed E-state index contributed by atoms with van der Waals surface area (Å²) in [6, 6.07) is 5.98. The molecular weight excluding hydrogens is 390 g/mol. The van der Waals surface area contributed by atoms with E-state index in [-0.39, 0.29) is 35.6 Å². The topological polar surface area (TPSA) is 86.8 Å². The third-order valence-corrected chi connectivity index (χ3v) is 6.83. The zero-order valence-corrected chi connectivity index (χ0v) is 16.6. The van der Waals surface area contributed by atoms with Crippen LogP contribution in [0.4, 0.5) is 0 Å². The van der Waals surface area contributed by atoms with Crippen molar-refractivity contribution in [3.63, 3.8) is 0 Å². The maximum atomic E-state index is 12.3. The minimum atomic E-state index is -3.69. The molecule has 27 heavy (non-hydrogen) atoms. The summed E-state index contributed by atoms with van der Waals surface area (Å²) in [6.45, 7) is 2.12. The van der Waals surface area contributed by atoms with Gasteiger partial charge in [-0.1, -0.05) is 24.1 Å². The maximum absolute atomic E-state index is 12.3. The number of halogens is 1. The first kappa shape index (κ1) is 20.1. The Morgan fingerprint density at radius 2 is 1.78 bits per heavy atom. The summed E-state index contributed by atoms with van der Waals surface area (Å²) in [4.78, 5) is 28.2. The quantitative estimate of drug-likeness (QED) is 0.765. The second-order valence-corrected chi connectivity index (χ2v) is 9.14. The van der Waals surface area contributed by atoms with Crippen LogP contribution in [-0.2, 0) is 19.6 Å². The SMILES string of the molecule is O=C(CCNS(=O)(=O)c1cccc(Cl)c1)N1CCN(C(=O)C2CCC2)CC1. The number of nitrogens with one attached hydrogen (secondary N) is 1. The Hall–Kier alpha value is -1.64. The molecule has 0 atom stereocenters. The molecule has 1 aromatic carbocycles. The van der Waals surface area contributed by atoms with E-state index < -0.39 is 10.0 Å². The van der Waals surface area contributed by atoms with Gasteiger partial charge in [-0.05, 0) is 31.0 Å². The molecule has 2 amide bonds. The Kier molecular flexibility index (Phi) is 6.39. The normalized spacial score (nSPS) is 18.3. The molecule has 2 aliphatic rings. The smallest absolute Gasteiger partial charge is 0.240 e. The molecule has 1 N–H and O–H groups in total. The first-order chi connectivity index (χ1) is 12.9. The molecule has 2 fully saturated rings. The highest BCUT2D eigenvalue weighted by atomic mass is 35.5. The van der Waals surface area contributed by atoms with Gasteiger partial charge >= 0.3 is 0 Å². The van der Waals surface area contributed by atoms with E-state index >= 15 is 0 Å². The molecule has 3 rings (SSSR count). The van der Waals surface area contributed by atoms with Crippen molar-refractivity contribution >= 4 is 33.4 Å². The predicted octanol–water partition coefficient (Wildman–Crippen LogP) is 1.48. The van der Waals surface area contributed by atoms with E-state index in [1.165, 1.54) is 12.1 Å². The van der Waals surface area contributed by atoms with Crippen molar-refractivity contribution in [2.45, 2.75) is 30.6 Å². The highest BCUT2D eigenvalue weighted by Gasteiger charge is 2.31. The van der Waals surface area contributed by atoms with Crippen molar-refractivity contribution in [1.82, 2.24) is 14.5 Å². The van der Waals surface area contributed by atoms with Gasteiger partial charge in [0.1, 0.15) is 0 Å². The van der Waals surface area contributed by atoms with E-state index in [2.05, 4.69) is 4.72 Å². The molecule has 1 heterocycles. The van der Waals surface area contributed by atoms with E-state index in [1.54, 1.807) is 17.0 Å². The molecule has 7 nitrogen and oxygen atoms in total. The maximum Gasteiger partial charge on any atom is 0.240 e. The van der Waals surface area contributed by atoms with Crippen LogP contribution in [0.15, 0.2) is 29.2 Å². The fourth-order valence-electron chi connectivity index (χ4n) is 3.26. The van der Waals surface area contributed by atoms with Gasteiger partial charge in [0.05, 0.1) is 4.90 Å². The van der Waals surface area contributed by atoms with Gasteiger partial charge in [0.15, 0.2) is 0 Å². The van der Waals surface area contributed by atoms with Crippen molar-refractivity contribution in [1.29, 1.82) is 0 Å². The van der Waals surface area contributed by atoms with Crippen molar-refractivity contribution < 1.29 is 18.0 Å². The Morgan fingerprint density at radius 1 is 1.11 bits per heavy atom. The number of amides is 2. The Labute approximate surface area is 164 Å². The molecule has 1 saturated carbocycles. The molecule has 0 bridgehead atoms. The average Bonchev–Trinajstić information content (AvgIpc) is 2.60. The molecule has 0 radical (unpaired) electrons. The van der Waals surface area contributed by atoms with Gasteiger partial charge in [0, 0.05) is 50.1 Å². The van der Waals surface area contributed by atoms with E-state index in [0.717, 1.165) is 19.3 Å². The standard InChI is InChI=1S/C18H24ClN3O4S/c19-15-5-2-6-16(13-15)27(25,26)20-8-7-17(23)21-9-11-22(12-10-21)18(24)14-3-1-4-14/h2,5-6,13-14,20H,1,3-4,7-12H2. The summed E-state index contributed by atoms with van der Waals surface area (Å²) in [6.07, 6.45) is 3.16. The second-order valence-electron chi connectivity index (χ2n) is 6.94. The van der Waals surface area contributed by atoms with Gasteiger partial charge in [-0.3, -0.25) is 9.59 Å². The second kappa shape index (κ2) is 8.58. The monoisotopic (exact) mass is 413 g/mol. The lowest BCUT2D eigenvalue weighted by Crippen LogP contribution is -2.52. The van der Waals surface area contributed by atoms with Gasteiger partial charge in [-0.15, -0.1) is 0 Å². The summed E-state index contributed by atoms with van der Waals surface area (Å²) in [7, 11) is -3.69. The molecule has 148 valence electrons. The average molecular weight is 414 g/mol. The molecule has 1 saturated heterocycles. The van der Waals surface area contributed by atoms with E-state index in [4.69, 9.17) is 11.6 Å². The highest BCUT2D eigenvalue weighted by molar-refractivity contribution is 7.89. The third-order valence-electron chi connectivity index (χ3n) is 5.14. The van der Waals surface area contributed by atoms with Crippen molar-refractivity contribution in [2.75, 3.05) is 32.7 Å². The van der Waals surface area contributed by atoms with Crippen LogP contribution in [0.5, 0.6) is 0 Å². The first-order valence-electron chi connectivity index (χ1n) is 9.18. The van der Waals surface area contributed by atoms with Crippen molar-refractivity contribution in [3.8, 4) is 0 Å². The van der Waals surface area contributed by atoms with Crippen LogP contribution in [0.1, 0.15) is 25.7 Å². The lowest BCUT2D eigenvalue weighted by atomic mass is 9.84. The summed E-state index contributed by atoms with van der Waals surface area (Å²) in [5.41, 5.74) is 0. The number of carbonyl (C=O) groups excluding carboxylic acids is 2. The van der Waals surface area contributed by atoms with Crippen LogP contribution in [0, 0.1) is 5.92 Å². The molecule has 0 aromatic heterocycles. The fraction of sp³-hybridized carbons (Fsp3) is 0.556. The summed E-state index contributed by atoms with van der Waals surface area (Å²) in [5, 5.41) is 0.336. The Bertz CT molecular complexity index is 803. The summed E-state index contributed by atoms with van der Waals surface area (Å²) >= 11 is 5.82. The predicted molar refractivity (Wildman–Crippen MR) is 102 cm³/mol. The van der Waals surface area contributed by atoms with E-state index in [9.17, 15) is 18.0 Å². The molecule has 1 aromatic rings. The number of rotatable bonds is 6. The first-order valence-corrected chi connectivity index (χ1v) is 11.0. The van der Waals surface area contributed by atoms with Crippen LogP contribution >= 0.6 is 11.6 Å².